The summed E-state index contributed by atoms with van der Waals surface area (Å²) in [5.41, 5.74) is 1.38. The van der Waals surface area contributed by atoms with Gasteiger partial charge in [-0.3, -0.25) is 4.57 Å². The standard InChI is InChI=1S/C20H19F3N4O2S2/c1-11-7-16(30-10-11)14-5-6-26(9-15(14)28)18-24-12(2)27(19(29)25-18)8-13-3-4-17(31-13)20(21,22)23/h3-5,7,10,15,28H,6,8-9H2,1-2H3/t15-/m0/s1. The molecule has 0 amide bonds. The van der Waals surface area contributed by atoms with E-state index < -0.39 is 22.8 Å². The molecule has 0 saturated heterocycles. The molecule has 0 saturated carbocycles. The summed E-state index contributed by atoms with van der Waals surface area (Å²) < 4.78 is 39.7. The zero-order chi connectivity index (χ0) is 22.3. The van der Waals surface area contributed by atoms with Gasteiger partial charge in [0.15, 0.2) is 0 Å². The molecule has 11 heteroatoms. The average Bonchev–Trinajstić information content (AvgIpc) is 3.33. The fourth-order valence-corrected chi connectivity index (χ4v) is 5.20. The highest BCUT2D eigenvalue weighted by Gasteiger charge is 2.32. The van der Waals surface area contributed by atoms with Gasteiger partial charge in [-0.1, -0.05) is 6.08 Å². The maximum Gasteiger partial charge on any atom is 0.425 e. The maximum atomic E-state index is 12.8. The van der Waals surface area contributed by atoms with Crippen LogP contribution in [0.4, 0.5) is 19.1 Å². The molecule has 1 N–H and O–H groups in total. The third-order valence-electron chi connectivity index (χ3n) is 4.92. The van der Waals surface area contributed by atoms with Gasteiger partial charge in [0.2, 0.25) is 5.95 Å². The molecule has 6 nitrogen and oxygen atoms in total. The molecule has 0 unspecified atom stereocenters. The predicted molar refractivity (Wildman–Crippen MR) is 115 cm³/mol. The fraction of sp³-hybridized carbons (Fsp3) is 0.350. The van der Waals surface area contributed by atoms with E-state index in [0.717, 1.165) is 22.1 Å². The third kappa shape index (κ3) is 4.58. The Bertz CT molecular complexity index is 1200. The second kappa shape index (κ2) is 8.21. The number of halogens is 3. The second-order valence-corrected chi connectivity index (χ2v) is 9.35. The molecule has 0 radical (unpaired) electrons. The number of nitrogens with zero attached hydrogens (tertiary/aromatic N) is 4. The number of hydrogen-bond donors (Lipinski definition) is 1. The van der Waals surface area contributed by atoms with Gasteiger partial charge < -0.3 is 10.0 Å². The summed E-state index contributed by atoms with van der Waals surface area (Å²) in [6.45, 7) is 4.25. The Morgan fingerprint density at radius 1 is 1.26 bits per heavy atom. The van der Waals surface area contributed by atoms with Crippen molar-refractivity contribution in [2.24, 2.45) is 0 Å². The van der Waals surface area contributed by atoms with Gasteiger partial charge in [-0.15, -0.1) is 22.7 Å². The lowest BCUT2D eigenvalue weighted by molar-refractivity contribution is -0.134. The number of thiophene rings is 2. The lowest BCUT2D eigenvalue weighted by Gasteiger charge is -2.30. The number of alkyl halides is 3. The van der Waals surface area contributed by atoms with Crippen LogP contribution in [0.15, 0.2) is 34.4 Å². The Morgan fingerprint density at radius 3 is 2.61 bits per heavy atom. The Kier molecular flexibility index (Phi) is 5.75. The Hall–Kier alpha value is -2.50. The van der Waals surface area contributed by atoms with Crippen LogP contribution in [-0.2, 0) is 12.7 Å². The fourth-order valence-electron chi connectivity index (χ4n) is 3.35. The summed E-state index contributed by atoms with van der Waals surface area (Å²) in [6.07, 6.45) is -3.26. The monoisotopic (exact) mass is 468 g/mol. The topological polar surface area (TPSA) is 71.2 Å². The van der Waals surface area contributed by atoms with Crippen LogP contribution < -0.4 is 10.6 Å². The maximum absolute atomic E-state index is 12.8. The first-order valence-electron chi connectivity index (χ1n) is 9.42. The highest BCUT2D eigenvalue weighted by molar-refractivity contribution is 7.12. The number of β-amino-alcohol motifs (C(OH)–C–C–N with tert-alkyl or cyclic N) is 1. The predicted octanol–water partition coefficient (Wildman–Crippen LogP) is 3.71. The zero-order valence-electron chi connectivity index (χ0n) is 16.7. The molecule has 0 spiro atoms. The number of anilines is 1. The molecule has 1 aliphatic rings. The van der Waals surface area contributed by atoms with Crippen LogP contribution in [0.5, 0.6) is 0 Å². The first kappa shape index (κ1) is 21.7. The smallest absolute Gasteiger partial charge is 0.387 e. The van der Waals surface area contributed by atoms with Crippen molar-refractivity contribution < 1.29 is 18.3 Å². The summed E-state index contributed by atoms with van der Waals surface area (Å²) in [6, 6.07) is 4.38. The quantitative estimate of drug-likeness (QED) is 0.632. The Balaban J connectivity index is 1.54. The van der Waals surface area contributed by atoms with Crippen LogP contribution in [0.1, 0.15) is 26.0 Å². The highest BCUT2D eigenvalue weighted by atomic mass is 32.1. The number of aryl methyl sites for hydroxylation is 2. The number of rotatable bonds is 4. The van der Waals surface area contributed by atoms with E-state index in [-0.39, 0.29) is 19.0 Å². The van der Waals surface area contributed by atoms with Crippen LogP contribution in [0.25, 0.3) is 5.57 Å². The molecule has 1 atom stereocenters. The molecule has 3 aromatic heterocycles. The minimum Gasteiger partial charge on any atom is -0.387 e. The third-order valence-corrected chi connectivity index (χ3v) is 7.13. The summed E-state index contributed by atoms with van der Waals surface area (Å²) in [4.78, 5) is 23.3. The molecule has 4 rings (SSSR count). The van der Waals surface area contributed by atoms with E-state index in [9.17, 15) is 23.1 Å². The minimum atomic E-state index is -4.41. The van der Waals surface area contributed by atoms with Gasteiger partial charge in [-0.2, -0.15) is 23.1 Å². The van der Waals surface area contributed by atoms with Gasteiger partial charge in [0.25, 0.3) is 0 Å². The van der Waals surface area contributed by atoms with E-state index in [1.165, 1.54) is 10.6 Å². The molecular weight excluding hydrogens is 449 g/mol. The van der Waals surface area contributed by atoms with E-state index in [1.807, 2.05) is 24.4 Å². The van der Waals surface area contributed by atoms with Crippen molar-refractivity contribution >= 4 is 34.2 Å². The van der Waals surface area contributed by atoms with E-state index >= 15 is 0 Å². The first-order valence-corrected chi connectivity index (χ1v) is 11.1. The lowest BCUT2D eigenvalue weighted by atomic mass is 10.0. The first-order chi connectivity index (χ1) is 14.6. The molecule has 4 heterocycles. The molecule has 164 valence electrons. The Morgan fingerprint density at radius 2 is 2.03 bits per heavy atom. The highest BCUT2D eigenvalue weighted by Crippen LogP contribution is 2.35. The van der Waals surface area contributed by atoms with E-state index in [2.05, 4.69) is 9.97 Å². The number of hydrogen-bond acceptors (Lipinski definition) is 7. The van der Waals surface area contributed by atoms with Crippen LogP contribution in [0.2, 0.25) is 0 Å². The Labute approximate surface area is 183 Å². The van der Waals surface area contributed by atoms with Crippen LogP contribution in [0, 0.1) is 13.8 Å². The minimum absolute atomic E-state index is 0.0316. The number of aromatic nitrogens is 3. The lowest BCUT2D eigenvalue weighted by Crippen LogP contribution is -2.40. The second-order valence-electron chi connectivity index (χ2n) is 7.27. The summed E-state index contributed by atoms with van der Waals surface area (Å²) in [5, 5.41) is 12.6. The van der Waals surface area contributed by atoms with Crippen molar-refractivity contribution in [3.63, 3.8) is 0 Å². The largest absolute Gasteiger partial charge is 0.425 e. The van der Waals surface area contributed by atoms with Crippen molar-refractivity contribution in [3.05, 3.63) is 66.2 Å². The van der Waals surface area contributed by atoms with Crippen molar-refractivity contribution in [1.82, 2.24) is 14.5 Å². The molecule has 31 heavy (non-hydrogen) atoms. The van der Waals surface area contributed by atoms with Crippen LogP contribution in [0.3, 0.4) is 0 Å². The SMILES string of the molecule is Cc1csc(C2=CCN(c3nc(C)n(Cc4ccc(C(F)(F)F)s4)c(=O)n3)C[C@@H]2O)c1. The molecule has 3 aromatic rings. The van der Waals surface area contributed by atoms with E-state index in [4.69, 9.17) is 0 Å². The molecular formula is C20H19F3N4O2S2. The molecule has 0 aromatic carbocycles. The summed E-state index contributed by atoms with van der Waals surface area (Å²) in [7, 11) is 0. The van der Waals surface area contributed by atoms with Crippen molar-refractivity contribution in [3.8, 4) is 0 Å². The average molecular weight is 469 g/mol. The van der Waals surface area contributed by atoms with Gasteiger partial charge in [-0.05, 0) is 48.6 Å². The van der Waals surface area contributed by atoms with Crippen LogP contribution in [-0.4, -0.2) is 38.8 Å². The number of aliphatic hydroxyl groups excluding tert-OH is 1. The normalized spacial score (nSPS) is 17.2. The molecule has 0 aliphatic carbocycles. The van der Waals surface area contributed by atoms with Gasteiger partial charge in [-0.25, -0.2) is 4.79 Å². The van der Waals surface area contributed by atoms with Crippen molar-refractivity contribution in [2.45, 2.75) is 32.7 Å². The van der Waals surface area contributed by atoms with E-state index in [0.29, 0.717) is 28.6 Å². The van der Waals surface area contributed by atoms with E-state index in [1.54, 1.807) is 23.2 Å². The van der Waals surface area contributed by atoms with Gasteiger partial charge >= 0.3 is 11.9 Å². The summed E-state index contributed by atoms with van der Waals surface area (Å²) >= 11 is 2.16. The summed E-state index contributed by atoms with van der Waals surface area (Å²) in [5.74, 6) is 0.535. The van der Waals surface area contributed by atoms with Crippen molar-refractivity contribution in [2.75, 3.05) is 18.0 Å². The van der Waals surface area contributed by atoms with Gasteiger partial charge in [0.1, 0.15) is 10.7 Å². The van der Waals surface area contributed by atoms with Crippen molar-refractivity contribution in [1.29, 1.82) is 0 Å². The molecule has 1 aliphatic heterocycles. The van der Waals surface area contributed by atoms with Gasteiger partial charge in [0.05, 0.1) is 19.2 Å². The molecule has 0 fully saturated rings. The molecule has 0 bridgehead atoms. The number of aliphatic hydroxyl groups is 1. The van der Waals surface area contributed by atoms with Crippen LogP contribution >= 0.6 is 22.7 Å². The zero-order valence-corrected chi connectivity index (χ0v) is 18.3. The van der Waals surface area contributed by atoms with Gasteiger partial charge in [0, 0.05) is 16.3 Å².